The van der Waals surface area contributed by atoms with E-state index in [1.165, 1.54) is 0 Å². The Hall–Kier alpha value is -2.46. The Labute approximate surface area is 201 Å². The van der Waals surface area contributed by atoms with Crippen LogP contribution in [-0.2, 0) is 25.9 Å². The fourth-order valence-corrected chi connectivity index (χ4v) is 5.53. The lowest BCUT2D eigenvalue weighted by Gasteiger charge is -2.33. The summed E-state index contributed by atoms with van der Waals surface area (Å²) in [6.07, 6.45) is 0. The highest BCUT2D eigenvalue weighted by molar-refractivity contribution is 7.91. The van der Waals surface area contributed by atoms with Crippen LogP contribution >= 0.6 is 0 Å². The zero-order valence-corrected chi connectivity index (χ0v) is 20.2. The molecule has 1 amide bonds. The predicted octanol–water partition coefficient (Wildman–Crippen LogP) is 1.49. The van der Waals surface area contributed by atoms with E-state index in [9.17, 15) is 13.2 Å². The number of carbonyl (C=O) groups is 1. The maximum atomic E-state index is 13.3. The molecule has 8 nitrogen and oxygen atoms in total. The molecule has 0 saturated carbocycles. The number of nitrogens with one attached hydrogen (secondary N) is 1. The lowest BCUT2D eigenvalue weighted by atomic mass is 10.0. The average molecular weight is 488 g/mol. The highest BCUT2D eigenvalue weighted by Gasteiger charge is 2.32. The van der Waals surface area contributed by atoms with Gasteiger partial charge in [-0.2, -0.15) is 0 Å². The molecule has 2 aromatic rings. The number of hydrogen-bond donors (Lipinski definition) is 1. The summed E-state index contributed by atoms with van der Waals surface area (Å²) in [5, 5.41) is 3.04. The van der Waals surface area contributed by atoms with Crippen molar-refractivity contribution in [2.24, 2.45) is 0 Å². The first-order chi connectivity index (χ1) is 16.5. The molecule has 0 bridgehead atoms. The van der Waals surface area contributed by atoms with Crippen molar-refractivity contribution in [3.05, 3.63) is 65.7 Å². The standard InChI is InChI=1S/C25H33N3O5S/c29-25(24(22-6-2-1-3-7-22)28-12-17-34(30,31)18-13-28)26-20-21-5-4-8-23(19-21)33-16-11-27-9-14-32-15-10-27/h1-8,19,24H,9-18,20H2,(H,26,29). The number of sulfone groups is 1. The average Bonchev–Trinajstić information content (AvgIpc) is 2.86. The Balaban J connectivity index is 1.34. The van der Waals surface area contributed by atoms with Gasteiger partial charge in [0.2, 0.25) is 5.91 Å². The van der Waals surface area contributed by atoms with E-state index < -0.39 is 15.9 Å². The summed E-state index contributed by atoms with van der Waals surface area (Å²) in [5.41, 5.74) is 1.81. The van der Waals surface area contributed by atoms with Crippen LogP contribution in [0.4, 0.5) is 0 Å². The Morgan fingerprint density at radius 1 is 1.00 bits per heavy atom. The molecule has 1 N–H and O–H groups in total. The normalized spacial score (nSPS) is 19.9. The van der Waals surface area contributed by atoms with Crippen molar-refractivity contribution in [3.63, 3.8) is 0 Å². The second-order valence-corrected chi connectivity index (χ2v) is 11.0. The minimum atomic E-state index is -3.03. The highest BCUT2D eigenvalue weighted by atomic mass is 32.2. The number of morpholine rings is 1. The molecule has 4 rings (SSSR count). The van der Waals surface area contributed by atoms with Gasteiger partial charge in [0.1, 0.15) is 18.4 Å². The lowest BCUT2D eigenvalue weighted by molar-refractivity contribution is -0.126. The molecule has 2 heterocycles. The number of benzene rings is 2. The van der Waals surface area contributed by atoms with E-state index in [2.05, 4.69) is 10.2 Å². The molecule has 9 heteroatoms. The number of rotatable bonds is 9. The first-order valence-corrected chi connectivity index (χ1v) is 13.6. The van der Waals surface area contributed by atoms with E-state index in [0.717, 1.165) is 49.7 Å². The summed E-state index contributed by atoms with van der Waals surface area (Å²) in [5.74, 6) is 0.797. The van der Waals surface area contributed by atoms with Crippen molar-refractivity contribution in [2.75, 3.05) is 64.1 Å². The molecule has 0 aliphatic carbocycles. The molecule has 0 aromatic heterocycles. The third kappa shape index (κ3) is 7.02. The second kappa shape index (κ2) is 11.8. The molecule has 2 aromatic carbocycles. The largest absolute Gasteiger partial charge is 0.492 e. The fraction of sp³-hybridized carbons (Fsp3) is 0.480. The number of amides is 1. The molecule has 34 heavy (non-hydrogen) atoms. The van der Waals surface area contributed by atoms with Crippen LogP contribution in [0.1, 0.15) is 17.2 Å². The van der Waals surface area contributed by atoms with Gasteiger partial charge in [-0.3, -0.25) is 14.6 Å². The predicted molar refractivity (Wildman–Crippen MR) is 130 cm³/mol. The molecule has 2 saturated heterocycles. The van der Waals surface area contributed by atoms with Crippen molar-refractivity contribution < 1.29 is 22.7 Å². The smallest absolute Gasteiger partial charge is 0.242 e. The van der Waals surface area contributed by atoms with Crippen LogP contribution in [0.15, 0.2) is 54.6 Å². The van der Waals surface area contributed by atoms with Gasteiger partial charge in [-0.15, -0.1) is 0 Å². The summed E-state index contributed by atoms with van der Waals surface area (Å²) < 4.78 is 35.1. The van der Waals surface area contributed by atoms with E-state index in [0.29, 0.717) is 26.2 Å². The van der Waals surface area contributed by atoms with Crippen molar-refractivity contribution in [1.82, 2.24) is 15.1 Å². The van der Waals surface area contributed by atoms with Gasteiger partial charge < -0.3 is 14.8 Å². The van der Waals surface area contributed by atoms with Crippen molar-refractivity contribution >= 4 is 15.7 Å². The summed E-state index contributed by atoms with van der Waals surface area (Å²) in [6, 6.07) is 16.8. The van der Waals surface area contributed by atoms with Gasteiger partial charge in [0.25, 0.3) is 0 Å². The summed E-state index contributed by atoms with van der Waals surface area (Å²) >= 11 is 0. The Bertz CT molecular complexity index is 1030. The minimum Gasteiger partial charge on any atom is -0.492 e. The Morgan fingerprint density at radius 2 is 1.74 bits per heavy atom. The van der Waals surface area contributed by atoms with Crippen LogP contribution in [0.2, 0.25) is 0 Å². The van der Waals surface area contributed by atoms with Crippen LogP contribution in [0.3, 0.4) is 0 Å². The van der Waals surface area contributed by atoms with E-state index in [4.69, 9.17) is 9.47 Å². The Morgan fingerprint density at radius 3 is 2.47 bits per heavy atom. The molecule has 184 valence electrons. The zero-order valence-electron chi connectivity index (χ0n) is 19.4. The monoisotopic (exact) mass is 487 g/mol. The second-order valence-electron chi connectivity index (χ2n) is 8.67. The molecule has 2 aliphatic heterocycles. The van der Waals surface area contributed by atoms with Crippen molar-refractivity contribution in [1.29, 1.82) is 0 Å². The fourth-order valence-electron chi connectivity index (χ4n) is 4.30. The van der Waals surface area contributed by atoms with Gasteiger partial charge in [0.15, 0.2) is 9.84 Å². The number of hydrogen-bond acceptors (Lipinski definition) is 7. The van der Waals surface area contributed by atoms with Crippen LogP contribution in [0.25, 0.3) is 0 Å². The van der Waals surface area contributed by atoms with Crippen LogP contribution in [-0.4, -0.2) is 88.2 Å². The van der Waals surface area contributed by atoms with E-state index in [1.54, 1.807) is 0 Å². The molecule has 2 fully saturated rings. The summed E-state index contributed by atoms with van der Waals surface area (Å²) in [6.45, 7) is 5.93. The molecule has 0 radical (unpaired) electrons. The molecule has 0 spiro atoms. The maximum Gasteiger partial charge on any atom is 0.242 e. The molecule has 1 unspecified atom stereocenters. The van der Waals surface area contributed by atoms with Gasteiger partial charge in [0.05, 0.1) is 24.7 Å². The first kappa shape index (κ1) is 24.7. The third-order valence-corrected chi connectivity index (χ3v) is 7.86. The maximum absolute atomic E-state index is 13.3. The van der Waals surface area contributed by atoms with Crippen molar-refractivity contribution in [3.8, 4) is 5.75 Å². The van der Waals surface area contributed by atoms with Gasteiger partial charge in [-0.05, 0) is 23.3 Å². The molecule has 2 aliphatic rings. The van der Waals surface area contributed by atoms with Crippen LogP contribution in [0.5, 0.6) is 5.75 Å². The lowest BCUT2D eigenvalue weighted by Crippen LogP contribution is -2.47. The summed E-state index contributed by atoms with van der Waals surface area (Å²) in [7, 11) is -3.03. The summed E-state index contributed by atoms with van der Waals surface area (Å²) in [4.78, 5) is 17.5. The van der Waals surface area contributed by atoms with Crippen LogP contribution < -0.4 is 10.1 Å². The van der Waals surface area contributed by atoms with Gasteiger partial charge >= 0.3 is 0 Å². The van der Waals surface area contributed by atoms with Crippen LogP contribution in [0, 0.1) is 0 Å². The topological polar surface area (TPSA) is 88.2 Å². The molecule has 1 atom stereocenters. The first-order valence-electron chi connectivity index (χ1n) is 11.8. The third-order valence-electron chi connectivity index (χ3n) is 6.25. The van der Waals surface area contributed by atoms with E-state index in [-0.39, 0.29) is 17.4 Å². The van der Waals surface area contributed by atoms with Gasteiger partial charge in [-0.1, -0.05) is 42.5 Å². The zero-order chi connectivity index (χ0) is 23.8. The quantitative estimate of drug-likeness (QED) is 0.573. The Kier molecular flexibility index (Phi) is 8.55. The number of ether oxygens (including phenoxy) is 2. The van der Waals surface area contributed by atoms with E-state index >= 15 is 0 Å². The number of nitrogens with zero attached hydrogens (tertiary/aromatic N) is 2. The van der Waals surface area contributed by atoms with Gasteiger partial charge in [-0.25, -0.2) is 8.42 Å². The van der Waals surface area contributed by atoms with E-state index in [1.807, 2.05) is 59.5 Å². The minimum absolute atomic E-state index is 0.0768. The number of carbonyl (C=O) groups excluding carboxylic acids is 1. The SMILES string of the molecule is O=C(NCc1cccc(OCCN2CCOCC2)c1)C(c1ccccc1)N1CCS(=O)(=O)CC1. The van der Waals surface area contributed by atoms with Crippen molar-refractivity contribution in [2.45, 2.75) is 12.6 Å². The van der Waals surface area contributed by atoms with Gasteiger partial charge in [0, 0.05) is 39.3 Å². The molecular formula is C25H33N3O5S. The highest BCUT2D eigenvalue weighted by Crippen LogP contribution is 2.23. The molecular weight excluding hydrogens is 454 g/mol.